The number of thioether (sulfide) groups is 2. The van der Waals surface area contributed by atoms with Crippen molar-refractivity contribution in [1.29, 1.82) is 0 Å². The van der Waals surface area contributed by atoms with Crippen LogP contribution in [0.25, 0.3) is 22.1 Å². The van der Waals surface area contributed by atoms with Gasteiger partial charge in [0.1, 0.15) is 0 Å². The third-order valence-electron chi connectivity index (χ3n) is 6.12. The van der Waals surface area contributed by atoms with Gasteiger partial charge in [0.2, 0.25) is 11.8 Å². The van der Waals surface area contributed by atoms with Crippen LogP contribution < -0.4 is 0 Å². The molecule has 2 heterocycles. The number of hydrogen-bond acceptors (Lipinski definition) is 8. The summed E-state index contributed by atoms with van der Waals surface area (Å²) < 4.78 is 2.60. The van der Waals surface area contributed by atoms with Crippen LogP contribution in [-0.4, -0.2) is 52.7 Å². The highest BCUT2D eigenvalue weighted by molar-refractivity contribution is 8.14. The minimum Gasteiger partial charge on any atom is -0.278 e. The largest absolute Gasteiger partial charge is 0.278 e. The van der Waals surface area contributed by atoms with E-state index in [1.54, 1.807) is 13.8 Å². The molecule has 0 N–H and O–H groups in total. The second-order valence-corrected chi connectivity index (χ2v) is 12.6. The highest BCUT2D eigenvalue weighted by Gasteiger charge is 2.24. The smallest absolute Gasteiger partial charge is 0.255 e. The van der Waals surface area contributed by atoms with E-state index in [1.807, 2.05) is 0 Å². The lowest BCUT2D eigenvalue weighted by Crippen LogP contribution is -2.16. The molecule has 2 aromatic carbocycles. The summed E-state index contributed by atoms with van der Waals surface area (Å²) in [6.07, 6.45) is 2.59. The van der Waals surface area contributed by atoms with Crippen LogP contribution in [0.15, 0.2) is 24.3 Å². The molecule has 0 spiro atoms. The minimum atomic E-state index is -0.320. The summed E-state index contributed by atoms with van der Waals surface area (Å²) in [6.45, 7) is 3.41. The first-order chi connectivity index (χ1) is 19.6. The van der Waals surface area contributed by atoms with Crippen molar-refractivity contribution < 1.29 is 19.2 Å². The van der Waals surface area contributed by atoms with Gasteiger partial charge >= 0.3 is 0 Å². The van der Waals surface area contributed by atoms with Crippen LogP contribution in [0.3, 0.4) is 0 Å². The van der Waals surface area contributed by atoms with Gasteiger partial charge in [0.25, 0.3) is 10.2 Å². The number of nitrogens with zero attached hydrogens (tertiary/aromatic N) is 4. The van der Waals surface area contributed by atoms with E-state index in [-0.39, 0.29) is 56.6 Å². The van der Waals surface area contributed by atoms with Gasteiger partial charge in [-0.2, -0.15) is 0 Å². The number of hydrogen-bond donors (Lipinski definition) is 0. The maximum absolute atomic E-state index is 12.9. The molecule has 0 amide bonds. The van der Waals surface area contributed by atoms with Crippen molar-refractivity contribution in [2.45, 2.75) is 46.0 Å². The number of unbranched alkanes of at least 4 members (excludes halogenated alkanes) is 2. The zero-order valence-electron chi connectivity index (χ0n) is 22.0. The predicted molar refractivity (Wildman–Crippen MR) is 169 cm³/mol. The molecule has 8 nitrogen and oxygen atoms in total. The molecule has 4 rings (SSSR count). The van der Waals surface area contributed by atoms with E-state index in [1.165, 1.54) is 33.4 Å². The lowest BCUT2D eigenvalue weighted by Gasteiger charge is -2.07. The van der Waals surface area contributed by atoms with E-state index in [2.05, 4.69) is 9.97 Å². The SMILES string of the molecule is CCC(=O)n1c(C(=O)SCCCCCSC(=O)c2nc3cc(Cl)c(Cl)cc3n2C(=O)CC)nc2cc(Cl)c(Cl)cc21. The minimum absolute atomic E-state index is 0.0448. The van der Waals surface area contributed by atoms with Crippen molar-refractivity contribution in [2.24, 2.45) is 0 Å². The molecule has 0 saturated heterocycles. The second-order valence-electron chi connectivity index (χ2n) is 8.88. The molecule has 0 atom stereocenters. The van der Waals surface area contributed by atoms with Crippen LogP contribution >= 0.6 is 69.9 Å². The Bertz CT molecular complexity index is 1560. The van der Waals surface area contributed by atoms with Crippen molar-refractivity contribution in [3.05, 3.63) is 56.0 Å². The third-order valence-corrected chi connectivity index (χ3v) is 9.44. The molecule has 14 heteroatoms. The Labute approximate surface area is 264 Å². The quantitative estimate of drug-likeness (QED) is 0.154. The number of aromatic nitrogens is 4. The molecule has 0 fully saturated rings. The molecule has 0 aliphatic carbocycles. The summed E-state index contributed by atoms with van der Waals surface area (Å²) >= 11 is 26.6. The Morgan fingerprint density at radius 2 is 1.00 bits per heavy atom. The molecule has 216 valence electrons. The van der Waals surface area contributed by atoms with Crippen LogP contribution in [-0.2, 0) is 0 Å². The Morgan fingerprint density at radius 3 is 1.37 bits per heavy atom. The van der Waals surface area contributed by atoms with E-state index in [9.17, 15) is 19.2 Å². The monoisotopic (exact) mass is 672 g/mol. The maximum atomic E-state index is 12.9. The second kappa shape index (κ2) is 13.9. The summed E-state index contributed by atoms with van der Waals surface area (Å²) in [5.74, 6) is 0.593. The Hall–Kier alpha value is -2.08. The Kier molecular flexibility index (Phi) is 10.8. The summed E-state index contributed by atoms with van der Waals surface area (Å²) in [7, 11) is 0. The fraction of sp³-hybridized carbons (Fsp3) is 0.333. The predicted octanol–water partition coefficient (Wildman–Crippen LogP) is 8.72. The van der Waals surface area contributed by atoms with Crippen LogP contribution in [0, 0.1) is 0 Å². The van der Waals surface area contributed by atoms with Crippen LogP contribution in [0.5, 0.6) is 0 Å². The van der Waals surface area contributed by atoms with Crippen LogP contribution in [0.4, 0.5) is 0 Å². The summed E-state index contributed by atoms with van der Waals surface area (Å²) in [5, 5.41) is 0.488. The molecule has 0 bridgehead atoms. The lowest BCUT2D eigenvalue weighted by atomic mass is 10.3. The molecular weight excluding hydrogens is 650 g/mol. The first-order valence-corrected chi connectivity index (χ1v) is 16.2. The van der Waals surface area contributed by atoms with Crippen molar-refractivity contribution in [2.75, 3.05) is 11.5 Å². The summed E-state index contributed by atoms with van der Waals surface area (Å²) in [4.78, 5) is 59.8. The number of rotatable bonds is 10. The maximum Gasteiger partial charge on any atom is 0.255 e. The van der Waals surface area contributed by atoms with E-state index >= 15 is 0 Å². The van der Waals surface area contributed by atoms with Crippen LogP contribution in [0.2, 0.25) is 20.1 Å². The van der Waals surface area contributed by atoms with Gasteiger partial charge in [0.15, 0.2) is 11.6 Å². The lowest BCUT2D eigenvalue weighted by molar-refractivity contribution is 0.0894. The van der Waals surface area contributed by atoms with E-state index < -0.39 is 0 Å². The van der Waals surface area contributed by atoms with E-state index in [4.69, 9.17) is 46.4 Å². The molecule has 0 saturated carbocycles. The van der Waals surface area contributed by atoms with Gasteiger partial charge in [0.05, 0.1) is 42.2 Å². The molecule has 41 heavy (non-hydrogen) atoms. The zero-order chi connectivity index (χ0) is 29.8. The number of halogens is 4. The van der Waals surface area contributed by atoms with Gasteiger partial charge in [-0.05, 0) is 37.1 Å². The van der Waals surface area contributed by atoms with E-state index in [0.717, 1.165) is 29.9 Å². The number of benzene rings is 2. The van der Waals surface area contributed by atoms with Crippen molar-refractivity contribution in [3.8, 4) is 0 Å². The molecule has 0 aliphatic heterocycles. The van der Waals surface area contributed by atoms with Crippen molar-refractivity contribution in [3.63, 3.8) is 0 Å². The number of fused-ring (bicyclic) bond motifs is 2. The zero-order valence-corrected chi connectivity index (χ0v) is 26.7. The fourth-order valence-electron chi connectivity index (χ4n) is 4.08. The van der Waals surface area contributed by atoms with Crippen LogP contribution in [0.1, 0.15) is 76.8 Å². The summed E-state index contributed by atoms with van der Waals surface area (Å²) in [6, 6.07) is 6.16. The Morgan fingerprint density at radius 1 is 0.634 bits per heavy atom. The van der Waals surface area contributed by atoms with Gasteiger partial charge in [-0.1, -0.05) is 90.2 Å². The first kappa shape index (κ1) is 31.8. The van der Waals surface area contributed by atoms with Gasteiger partial charge in [0, 0.05) is 24.3 Å². The Balaban J connectivity index is 1.31. The average Bonchev–Trinajstić information content (AvgIpc) is 3.50. The highest BCUT2D eigenvalue weighted by atomic mass is 35.5. The molecule has 0 radical (unpaired) electrons. The van der Waals surface area contributed by atoms with Gasteiger partial charge < -0.3 is 0 Å². The fourth-order valence-corrected chi connectivity index (χ4v) is 6.31. The number of carbonyl (C=O) groups is 4. The van der Waals surface area contributed by atoms with Gasteiger partial charge in [-0.25, -0.2) is 9.97 Å². The molecular formula is C27H24Cl4N4O4S2. The molecule has 0 unspecified atom stereocenters. The van der Waals surface area contributed by atoms with Crippen molar-refractivity contribution in [1.82, 2.24) is 19.1 Å². The van der Waals surface area contributed by atoms with Crippen molar-refractivity contribution >= 4 is 114 Å². The first-order valence-electron chi connectivity index (χ1n) is 12.7. The van der Waals surface area contributed by atoms with E-state index in [0.29, 0.717) is 56.5 Å². The number of carbonyl (C=O) groups excluding carboxylic acids is 4. The molecule has 0 aliphatic rings. The molecule has 2 aromatic heterocycles. The van der Waals surface area contributed by atoms with Gasteiger partial charge in [-0.3, -0.25) is 28.3 Å². The van der Waals surface area contributed by atoms with Gasteiger partial charge in [-0.15, -0.1) is 0 Å². The normalized spacial score (nSPS) is 11.5. The topological polar surface area (TPSA) is 104 Å². The highest BCUT2D eigenvalue weighted by Crippen LogP contribution is 2.31. The number of imidazole rings is 2. The average molecular weight is 674 g/mol. The third kappa shape index (κ3) is 6.95. The molecule has 4 aromatic rings. The standard InChI is InChI=1S/C27H24Cl4N4O4S2/c1-3-22(36)34-20-12-16(30)14(28)10-18(20)32-24(34)26(38)40-8-6-5-7-9-41-27(39)25-33-19-11-15(29)17(31)13-21(19)35(25)23(37)4-2/h10-13H,3-9H2,1-2H3. The summed E-state index contributed by atoms with van der Waals surface area (Å²) in [5.41, 5.74) is 1.73.